The van der Waals surface area contributed by atoms with Gasteiger partial charge in [0.1, 0.15) is 5.00 Å². The molecule has 0 radical (unpaired) electrons. The molecule has 1 aliphatic carbocycles. The van der Waals surface area contributed by atoms with Crippen LogP contribution in [0.1, 0.15) is 72.2 Å². The van der Waals surface area contributed by atoms with E-state index in [9.17, 15) is 9.59 Å². The largest absolute Gasteiger partial charge is 0.372 e. The van der Waals surface area contributed by atoms with Gasteiger partial charge >= 0.3 is 0 Å². The average Bonchev–Trinajstić information content (AvgIpc) is 3.09. The van der Waals surface area contributed by atoms with Crippen LogP contribution in [0.15, 0.2) is 24.3 Å². The van der Waals surface area contributed by atoms with Crippen LogP contribution in [0.25, 0.3) is 0 Å². The summed E-state index contributed by atoms with van der Waals surface area (Å²) in [6.45, 7) is 11.9. The van der Waals surface area contributed by atoms with Crippen LogP contribution in [-0.4, -0.2) is 42.0 Å². The maximum Gasteiger partial charge on any atom is 0.257 e. The monoisotopic (exact) mass is 488 g/mol. The quantitative estimate of drug-likeness (QED) is 0.571. The number of morpholine rings is 1. The Morgan fingerprint density at radius 3 is 2.36 bits per heavy atom. The summed E-state index contributed by atoms with van der Waals surface area (Å²) < 4.78 is 5.84. The maximum absolute atomic E-state index is 13.8. The number of anilines is 1. The second kappa shape index (κ2) is 9.40. The first-order valence-corrected chi connectivity index (χ1v) is 12.9. The number of amides is 2. The van der Waals surface area contributed by atoms with E-state index >= 15 is 0 Å². The van der Waals surface area contributed by atoms with Crippen LogP contribution in [0, 0.1) is 11.3 Å². The Labute approximate surface area is 205 Å². The number of benzene rings is 1. The van der Waals surface area contributed by atoms with Crippen LogP contribution >= 0.6 is 22.9 Å². The van der Waals surface area contributed by atoms with Crippen molar-refractivity contribution in [3.8, 4) is 0 Å². The fourth-order valence-corrected chi connectivity index (χ4v) is 6.36. The van der Waals surface area contributed by atoms with Gasteiger partial charge in [0, 0.05) is 28.6 Å². The molecule has 0 saturated carbocycles. The zero-order chi connectivity index (χ0) is 23.9. The van der Waals surface area contributed by atoms with E-state index in [1.165, 1.54) is 4.88 Å². The molecule has 1 aromatic carbocycles. The molecule has 1 fully saturated rings. The molecule has 3 atom stereocenters. The molecule has 33 heavy (non-hydrogen) atoms. The topological polar surface area (TPSA) is 58.6 Å². The predicted octanol–water partition coefficient (Wildman–Crippen LogP) is 6.05. The Morgan fingerprint density at radius 2 is 1.76 bits per heavy atom. The second-order valence-corrected chi connectivity index (χ2v) is 12.0. The molecule has 2 amide bonds. The highest BCUT2D eigenvalue weighted by molar-refractivity contribution is 7.17. The minimum Gasteiger partial charge on any atom is -0.372 e. The van der Waals surface area contributed by atoms with Crippen LogP contribution in [0.2, 0.25) is 5.02 Å². The standard InChI is InChI=1S/C26H33ClN2O3S/c1-15-13-29(14-16(2)32-15)25(31)22-20-11-8-18(26(3,4)5)12-21(20)33-24(22)28-23(30)17-6-9-19(27)10-7-17/h6-7,9-10,15-16,18H,8,11-14H2,1-5H3,(H,28,30)/t15-,16-,18-/m1/s1. The van der Waals surface area contributed by atoms with Crippen molar-refractivity contribution < 1.29 is 14.3 Å². The molecule has 2 aliphatic rings. The fraction of sp³-hybridized carbons (Fsp3) is 0.538. The zero-order valence-electron chi connectivity index (χ0n) is 20.0. The van der Waals surface area contributed by atoms with E-state index < -0.39 is 0 Å². The third kappa shape index (κ3) is 5.28. The van der Waals surface area contributed by atoms with Crippen LogP contribution in [0.5, 0.6) is 0 Å². The summed E-state index contributed by atoms with van der Waals surface area (Å²) in [5.41, 5.74) is 2.51. The minimum atomic E-state index is -0.226. The Kier molecular flexibility index (Phi) is 6.90. The van der Waals surface area contributed by atoms with Crippen LogP contribution in [-0.2, 0) is 17.6 Å². The highest BCUT2D eigenvalue weighted by Gasteiger charge is 2.36. The summed E-state index contributed by atoms with van der Waals surface area (Å²) in [7, 11) is 0. The summed E-state index contributed by atoms with van der Waals surface area (Å²) in [6, 6.07) is 6.81. The van der Waals surface area contributed by atoms with E-state index in [4.69, 9.17) is 16.3 Å². The van der Waals surface area contributed by atoms with Crippen molar-refractivity contribution in [1.82, 2.24) is 4.90 Å². The molecule has 0 spiro atoms. The lowest BCUT2D eigenvalue weighted by Crippen LogP contribution is -2.48. The second-order valence-electron chi connectivity index (χ2n) is 10.4. The molecule has 7 heteroatoms. The van der Waals surface area contributed by atoms with Gasteiger partial charge in [0.15, 0.2) is 0 Å². The van der Waals surface area contributed by atoms with Crippen molar-refractivity contribution >= 4 is 39.8 Å². The molecule has 1 saturated heterocycles. The van der Waals surface area contributed by atoms with Gasteiger partial charge in [-0.1, -0.05) is 32.4 Å². The first-order chi connectivity index (χ1) is 15.5. The van der Waals surface area contributed by atoms with Gasteiger partial charge in [-0.25, -0.2) is 0 Å². The molecule has 178 valence electrons. The van der Waals surface area contributed by atoms with Crippen molar-refractivity contribution in [3.63, 3.8) is 0 Å². The van der Waals surface area contributed by atoms with E-state index in [2.05, 4.69) is 26.1 Å². The number of thiophene rings is 1. The molecule has 4 rings (SSSR count). The van der Waals surface area contributed by atoms with Crippen molar-refractivity contribution in [1.29, 1.82) is 0 Å². The number of carbonyl (C=O) groups is 2. The Hall–Kier alpha value is -1.89. The molecular weight excluding hydrogens is 456 g/mol. The first kappa shape index (κ1) is 24.2. The summed E-state index contributed by atoms with van der Waals surface area (Å²) in [5.74, 6) is 0.320. The van der Waals surface area contributed by atoms with Crippen molar-refractivity contribution in [2.45, 2.75) is 66.1 Å². The number of rotatable bonds is 3. The summed E-state index contributed by atoms with van der Waals surface area (Å²) in [4.78, 5) is 29.9. The predicted molar refractivity (Wildman–Crippen MR) is 135 cm³/mol. The Morgan fingerprint density at radius 1 is 1.12 bits per heavy atom. The highest BCUT2D eigenvalue weighted by atomic mass is 35.5. The molecular formula is C26H33ClN2O3S. The van der Waals surface area contributed by atoms with Crippen molar-refractivity contribution in [3.05, 3.63) is 50.9 Å². The van der Waals surface area contributed by atoms with E-state index in [1.54, 1.807) is 35.6 Å². The van der Waals surface area contributed by atoms with E-state index in [0.717, 1.165) is 24.8 Å². The number of hydrogen-bond donors (Lipinski definition) is 1. The first-order valence-electron chi connectivity index (χ1n) is 11.7. The SMILES string of the molecule is C[C@@H]1CN(C(=O)c2c(NC(=O)c3ccc(Cl)cc3)sc3c2CC[C@@H](C(C)(C)C)C3)C[C@@H](C)O1. The molecule has 1 aliphatic heterocycles. The number of carbonyl (C=O) groups excluding carboxylic acids is 2. The lowest BCUT2D eigenvalue weighted by molar-refractivity contribution is -0.0586. The number of hydrogen-bond acceptors (Lipinski definition) is 4. The van der Waals surface area contributed by atoms with Crippen LogP contribution < -0.4 is 5.32 Å². The normalized spacial score (nSPS) is 23.2. The fourth-order valence-electron chi connectivity index (χ4n) is 4.92. The summed E-state index contributed by atoms with van der Waals surface area (Å²) in [6.07, 6.45) is 2.83. The van der Waals surface area contributed by atoms with E-state index in [1.807, 2.05) is 18.7 Å². The van der Waals surface area contributed by atoms with Gasteiger partial charge in [-0.3, -0.25) is 9.59 Å². The van der Waals surface area contributed by atoms with Gasteiger partial charge in [-0.05, 0) is 74.3 Å². The number of nitrogens with zero attached hydrogens (tertiary/aromatic N) is 1. The number of halogens is 1. The zero-order valence-corrected chi connectivity index (χ0v) is 21.6. The smallest absolute Gasteiger partial charge is 0.257 e. The number of ether oxygens (including phenoxy) is 1. The molecule has 1 N–H and O–H groups in total. The van der Waals surface area contributed by atoms with E-state index in [-0.39, 0.29) is 29.4 Å². The summed E-state index contributed by atoms with van der Waals surface area (Å²) >= 11 is 7.55. The van der Waals surface area contributed by atoms with Crippen LogP contribution in [0.3, 0.4) is 0 Å². The van der Waals surface area contributed by atoms with Gasteiger partial charge in [0.2, 0.25) is 0 Å². The summed E-state index contributed by atoms with van der Waals surface area (Å²) in [5, 5.41) is 4.30. The van der Waals surface area contributed by atoms with Gasteiger partial charge in [0.25, 0.3) is 11.8 Å². The molecule has 2 aromatic rings. The molecule has 2 heterocycles. The average molecular weight is 489 g/mol. The van der Waals surface area contributed by atoms with Crippen LogP contribution in [0.4, 0.5) is 5.00 Å². The lowest BCUT2D eigenvalue weighted by atomic mass is 9.72. The maximum atomic E-state index is 13.8. The lowest BCUT2D eigenvalue weighted by Gasteiger charge is -2.36. The molecule has 0 bridgehead atoms. The minimum absolute atomic E-state index is 0.00452. The molecule has 0 unspecified atom stereocenters. The van der Waals surface area contributed by atoms with Crippen molar-refractivity contribution in [2.75, 3.05) is 18.4 Å². The highest BCUT2D eigenvalue weighted by Crippen LogP contribution is 2.45. The van der Waals surface area contributed by atoms with Gasteiger partial charge < -0.3 is 15.0 Å². The Balaban J connectivity index is 1.69. The van der Waals surface area contributed by atoms with Gasteiger partial charge in [-0.15, -0.1) is 11.3 Å². The third-order valence-electron chi connectivity index (χ3n) is 6.74. The van der Waals surface area contributed by atoms with Crippen molar-refractivity contribution in [2.24, 2.45) is 11.3 Å². The molecule has 1 aromatic heterocycles. The number of nitrogens with one attached hydrogen (secondary N) is 1. The van der Waals surface area contributed by atoms with Gasteiger partial charge in [0.05, 0.1) is 17.8 Å². The van der Waals surface area contributed by atoms with Gasteiger partial charge in [-0.2, -0.15) is 0 Å². The Bertz CT molecular complexity index is 1030. The molecule has 5 nitrogen and oxygen atoms in total. The van der Waals surface area contributed by atoms with E-state index in [0.29, 0.717) is 40.2 Å². The third-order valence-corrected chi connectivity index (χ3v) is 8.17. The number of fused-ring (bicyclic) bond motifs is 1.